The lowest BCUT2D eigenvalue weighted by Crippen LogP contribution is -2.52. The molecular weight excluding hydrogens is 658 g/mol. The van der Waals surface area contributed by atoms with Crippen LogP contribution in [0.3, 0.4) is 0 Å². The number of carbonyl (C=O) groups excluding carboxylic acids is 4. The fourth-order valence-electron chi connectivity index (χ4n) is 5.16. The Hall–Kier alpha value is -5.76. The van der Waals surface area contributed by atoms with Gasteiger partial charge in [0, 0.05) is 12.1 Å². The number of carbonyl (C=O) groups is 4. The molecule has 270 valence electrons. The van der Waals surface area contributed by atoms with E-state index in [0.29, 0.717) is 11.3 Å². The number of fused-ring (bicyclic) bond motifs is 1. The summed E-state index contributed by atoms with van der Waals surface area (Å²) in [4.78, 5) is 79.9. The van der Waals surface area contributed by atoms with Crippen molar-refractivity contribution in [2.24, 2.45) is 17.6 Å². The van der Waals surface area contributed by atoms with E-state index in [-0.39, 0.29) is 40.4 Å². The van der Waals surface area contributed by atoms with Gasteiger partial charge in [-0.15, -0.1) is 0 Å². The van der Waals surface area contributed by atoms with E-state index >= 15 is 0 Å². The standard InChI is InChI=1S/C37H43N5O9/c1-20(2)30(38)33(44)41-31(21(3)4)36(47)51-19-50-35(46)25-11-9-24(10-12-25)22(5)42-34(45)28-17-26(13-16-29(28)40-37(42)48)32(43)39-18-23-7-14-27(49-6)15-8-23/h7-17,20-22,30-31H,18-19,38H2,1-6H3,(H,39,43)(H,40,48)(H,41,44). The lowest BCUT2D eigenvalue weighted by molar-refractivity contribution is -0.157. The third-order valence-electron chi connectivity index (χ3n) is 8.45. The van der Waals surface area contributed by atoms with Crippen molar-refractivity contribution in [1.82, 2.24) is 20.2 Å². The maximum absolute atomic E-state index is 13.6. The molecule has 0 bridgehead atoms. The SMILES string of the molecule is COc1ccc(CNC(=O)c2ccc3[nH]c(=O)n(C(C)c4ccc(C(=O)OCOC(=O)C(NC(=O)C(N)C(C)C)C(C)C)cc4)c(=O)c3c2)cc1. The molecule has 0 aliphatic carbocycles. The van der Waals surface area contributed by atoms with Gasteiger partial charge >= 0.3 is 17.6 Å². The summed E-state index contributed by atoms with van der Waals surface area (Å²) >= 11 is 0. The highest BCUT2D eigenvalue weighted by molar-refractivity contribution is 5.97. The lowest BCUT2D eigenvalue weighted by Gasteiger charge is -2.23. The third-order valence-corrected chi connectivity index (χ3v) is 8.45. The first-order valence-electron chi connectivity index (χ1n) is 16.4. The Morgan fingerprint density at radius 2 is 1.49 bits per heavy atom. The van der Waals surface area contributed by atoms with Crippen LogP contribution in [0.1, 0.15) is 72.5 Å². The minimum atomic E-state index is -0.989. The molecule has 0 radical (unpaired) electrons. The van der Waals surface area contributed by atoms with Gasteiger partial charge in [-0.2, -0.15) is 0 Å². The van der Waals surface area contributed by atoms with Crippen molar-refractivity contribution in [3.63, 3.8) is 0 Å². The zero-order valence-electron chi connectivity index (χ0n) is 29.4. The largest absolute Gasteiger partial charge is 0.497 e. The molecule has 0 saturated heterocycles. The Morgan fingerprint density at radius 3 is 2.10 bits per heavy atom. The average Bonchev–Trinajstić information content (AvgIpc) is 3.12. The molecule has 3 aromatic carbocycles. The second kappa shape index (κ2) is 16.8. The van der Waals surface area contributed by atoms with Gasteiger partial charge in [-0.3, -0.25) is 19.0 Å². The van der Waals surface area contributed by atoms with Crippen LogP contribution in [0.4, 0.5) is 0 Å². The first-order valence-corrected chi connectivity index (χ1v) is 16.4. The summed E-state index contributed by atoms with van der Waals surface area (Å²) < 4.78 is 16.4. The summed E-state index contributed by atoms with van der Waals surface area (Å²) in [7, 11) is 1.57. The number of aromatic amines is 1. The quantitative estimate of drug-likeness (QED) is 0.112. The lowest BCUT2D eigenvalue weighted by atomic mass is 10.0. The zero-order valence-corrected chi connectivity index (χ0v) is 29.4. The number of hydrogen-bond donors (Lipinski definition) is 4. The molecule has 1 aromatic heterocycles. The number of rotatable bonds is 14. The molecule has 0 spiro atoms. The van der Waals surface area contributed by atoms with Gasteiger partial charge in [-0.25, -0.2) is 14.4 Å². The number of nitrogens with one attached hydrogen (secondary N) is 3. The molecule has 4 aromatic rings. The normalized spacial score (nSPS) is 13.0. The first kappa shape index (κ1) is 38.0. The van der Waals surface area contributed by atoms with Crippen LogP contribution in [-0.2, 0) is 25.6 Å². The maximum atomic E-state index is 13.6. The minimum absolute atomic E-state index is 0.128. The molecule has 3 atom stereocenters. The Kier molecular flexibility index (Phi) is 12.5. The van der Waals surface area contributed by atoms with Crippen molar-refractivity contribution in [1.29, 1.82) is 0 Å². The van der Waals surface area contributed by atoms with Crippen LogP contribution in [0.15, 0.2) is 76.3 Å². The third kappa shape index (κ3) is 9.28. The number of hydrogen-bond acceptors (Lipinski definition) is 10. The highest BCUT2D eigenvalue weighted by Gasteiger charge is 2.29. The number of amides is 2. The van der Waals surface area contributed by atoms with Crippen LogP contribution >= 0.6 is 0 Å². The van der Waals surface area contributed by atoms with Gasteiger partial charge in [-0.1, -0.05) is 52.0 Å². The Balaban J connectivity index is 1.41. The van der Waals surface area contributed by atoms with Crippen molar-refractivity contribution in [3.8, 4) is 5.75 Å². The van der Waals surface area contributed by atoms with E-state index in [1.54, 1.807) is 66.0 Å². The molecular formula is C37H43N5O9. The number of benzene rings is 3. The van der Waals surface area contributed by atoms with Gasteiger partial charge < -0.3 is 35.6 Å². The fraction of sp³-hybridized carbons (Fsp3) is 0.351. The monoisotopic (exact) mass is 701 g/mol. The minimum Gasteiger partial charge on any atom is -0.497 e. The Bertz CT molecular complexity index is 2000. The smallest absolute Gasteiger partial charge is 0.340 e. The molecule has 14 heteroatoms. The van der Waals surface area contributed by atoms with Gasteiger partial charge in [0.25, 0.3) is 11.5 Å². The molecule has 0 aliphatic rings. The molecule has 0 saturated carbocycles. The number of esters is 2. The molecule has 14 nitrogen and oxygen atoms in total. The summed E-state index contributed by atoms with van der Waals surface area (Å²) in [6.07, 6.45) is 0. The molecule has 0 fully saturated rings. The number of aromatic nitrogens is 2. The van der Waals surface area contributed by atoms with E-state index in [1.807, 2.05) is 12.1 Å². The predicted molar refractivity (Wildman–Crippen MR) is 189 cm³/mol. The van der Waals surface area contributed by atoms with Gasteiger partial charge in [0.05, 0.1) is 35.7 Å². The highest BCUT2D eigenvalue weighted by atomic mass is 16.7. The van der Waals surface area contributed by atoms with E-state index in [4.69, 9.17) is 19.9 Å². The van der Waals surface area contributed by atoms with Crippen LogP contribution in [0.2, 0.25) is 0 Å². The second-order valence-electron chi connectivity index (χ2n) is 12.7. The second-order valence-corrected chi connectivity index (χ2v) is 12.7. The van der Waals surface area contributed by atoms with E-state index in [0.717, 1.165) is 10.1 Å². The van der Waals surface area contributed by atoms with Gasteiger partial charge in [0.1, 0.15) is 11.8 Å². The van der Waals surface area contributed by atoms with Crippen molar-refractivity contribution >= 4 is 34.7 Å². The summed E-state index contributed by atoms with van der Waals surface area (Å²) in [6.45, 7) is 8.25. The van der Waals surface area contributed by atoms with Crippen molar-refractivity contribution < 1.29 is 33.4 Å². The molecule has 5 N–H and O–H groups in total. The number of ether oxygens (including phenoxy) is 3. The zero-order chi connectivity index (χ0) is 37.4. The van der Waals surface area contributed by atoms with Crippen molar-refractivity contribution in [3.05, 3.63) is 110 Å². The fourth-order valence-corrected chi connectivity index (χ4v) is 5.16. The Morgan fingerprint density at radius 1 is 0.843 bits per heavy atom. The van der Waals surface area contributed by atoms with Crippen molar-refractivity contribution in [2.45, 2.75) is 59.3 Å². The van der Waals surface area contributed by atoms with Crippen LogP contribution in [-0.4, -0.2) is 59.3 Å². The summed E-state index contributed by atoms with van der Waals surface area (Å²) in [5.41, 5.74) is 6.67. The van der Waals surface area contributed by atoms with Crippen LogP contribution in [0.25, 0.3) is 10.9 Å². The number of H-pyrrole nitrogens is 1. The number of nitrogens with two attached hydrogens (primary N) is 1. The molecule has 3 unspecified atom stereocenters. The number of methoxy groups -OCH3 is 1. The molecule has 1 heterocycles. The molecule has 2 amide bonds. The van der Waals surface area contributed by atoms with Gasteiger partial charge in [0.2, 0.25) is 12.7 Å². The summed E-state index contributed by atoms with van der Waals surface area (Å²) in [6, 6.07) is 15.2. The van der Waals surface area contributed by atoms with E-state index in [2.05, 4.69) is 15.6 Å². The van der Waals surface area contributed by atoms with E-state index < -0.39 is 59.9 Å². The number of nitrogens with zero attached hydrogens (tertiary/aromatic N) is 1. The van der Waals surface area contributed by atoms with E-state index in [1.165, 1.54) is 30.3 Å². The van der Waals surface area contributed by atoms with Crippen LogP contribution in [0.5, 0.6) is 5.75 Å². The van der Waals surface area contributed by atoms with Gasteiger partial charge in [0.15, 0.2) is 0 Å². The van der Waals surface area contributed by atoms with Gasteiger partial charge in [-0.05, 0) is 72.4 Å². The van der Waals surface area contributed by atoms with Crippen LogP contribution < -0.4 is 32.4 Å². The maximum Gasteiger partial charge on any atom is 0.340 e. The summed E-state index contributed by atoms with van der Waals surface area (Å²) in [5, 5.41) is 5.56. The Labute approximate surface area is 294 Å². The predicted octanol–water partition coefficient (Wildman–Crippen LogP) is 3.02. The first-order chi connectivity index (χ1) is 24.2. The average molecular weight is 702 g/mol. The van der Waals surface area contributed by atoms with Crippen molar-refractivity contribution in [2.75, 3.05) is 13.9 Å². The highest BCUT2D eigenvalue weighted by Crippen LogP contribution is 2.18. The van der Waals surface area contributed by atoms with Crippen LogP contribution in [0, 0.1) is 11.8 Å². The molecule has 4 rings (SSSR count). The topological polar surface area (TPSA) is 201 Å². The molecule has 0 aliphatic heterocycles. The van der Waals surface area contributed by atoms with E-state index in [9.17, 15) is 28.8 Å². The summed E-state index contributed by atoms with van der Waals surface area (Å²) in [5.74, 6) is -2.21. The molecule has 51 heavy (non-hydrogen) atoms.